The first-order chi connectivity index (χ1) is 14.1. The first-order valence-corrected chi connectivity index (χ1v) is 13.1. The third-order valence-corrected chi connectivity index (χ3v) is 9.62. The lowest BCUT2D eigenvalue weighted by atomic mass is 9.77. The van der Waals surface area contributed by atoms with Gasteiger partial charge in [0.2, 0.25) is 0 Å². The summed E-state index contributed by atoms with van der Waals surface area (Å²) < 4.78 is 65.4. The lowest BCUT2D eigenvalue weighted by molar-refractivity contribution is -0.141. The molecule has 0 amide bonds. The molecule has 3 heterocycles. The Hall–Kier alpha value is -1.09. The molecule has 5 rings (SSSR count). The second kappa shape index (κ2) is 7.22. The fourth-order valence-electron chi connectivity index (χ4n) is 6.06. The molecule has 2 aliphatic carbocycles. The zero-order chi connectivity index (χ0) is 21.1. The normalized spacial score (nSPS) is 35.2. The van der Waals surface area contributed by atoms with Crippen molar-refractivity contribution in [2.24, 2.45) is 5.41 Å². The number of rotatable bonds is 3. The Morgan fingerprint density at radius 3 is 2.33 bits per heavy atom. The highest BCUT2D eigenvalue weighted by Gasteiger charge is 2.46. The molecule has 30 heavy (non-hydrogen) atoms. The third-order valence-electron chi connectivity index (χ3n) is 7.74. The molecular formula is C21H30F3N3O2S. The molecule has 4 fully saturated rings. The van der Waals surface area contributed by atoms with E-state index in [1.165, 1.54) is 6.07 Å². The average Bonchev–Trinajstić information content (AvgIpc) is 3.36. The number of aromatic nitrogens is 2. The zero-order valence-electron chi connectivity index (χ0n) is 17.2. The van der Waals surface area contributed by atoms with E-state index in [2.05, 4.69) is 10.00 Å². The molecule has 0 radical (unpaired) electrons. The van der Waals surface area contributed by atoms with E-state index >= 15 is 0 Å². The van der Waals surface area contributed by atoms with Gasteiger partial charge in [0.05, 0.1) is 17.5 Å². The predicted molar refractivity (Wildman–Crippen MR) is 107 cm³/mol. The summed E-state index contributed by atoms with van der Waals surface area (Å²) >= 11 is 0. The van der Waals surface area contributed by atoms with Gasteiger partial charge in [0.25, 0.3) is 0 Å². The van der Waals surface area contributed by atoms with Crippen molar-refractivity contribution in [3.8, 4) is 0 Å². The van der Waals surface area contributed by atoms with Crippen molar-refractivity contribution in [3.05, 3.63) is 17.5 Å². The molecule has 168 valence electrons. The van der Waals surface area contributed by atoms with Crippen LogP contribution >= 0.6 is 0 Å². The first kappa shape index (κ1) is 20.8. The minimum absolute atomic E-state index is 0.0693. The summed E-state index contributed by atoms with van der Waals surface area (Å²) in [7, 11) is -2.90. The van der Waals surface area contributed by atoms with Crippen LogP contribution in [0.5, 0.6) is 0 Å². The maximum atomic E-state index is 13.2. The summed E-state index contributed by atoms with van der Waals surface area (Å²) in [6.45, 7) is 1.87. The lowest BCUT2D eigenvalue weighted by Crippen LogP contribution is -2.49. The van der Waals surface area contributed by atoms with Crippen molar-refractivity contribution in [1.82, 2.24) is 14.7 Å². The van der Waals surface area contributed by atoms with Gasteiger partial charge in [-0.05, 0) is 75.8 Å². The van der Waals surface area contributed by atoms with Crippen LogP contribution in [0.4, 0.5) is 13.2 Å². The van der Waals surface area contributed by atoms with Crippen LogP contribution in [0.2, 0.25) is 0 Å². The zero-order valence-corrected chi connectivity index (χ0v) is 18.0. The number of hydrogen-bond donors (Lipinski definition) is 0. The van der Waals surface area contributed by atoms with Crippen molar-refractivity contribution in [3.63, 3.8) is 0 Å². The molecule has 4 aliphatic rings. The van der Waals surface area contributed by atoms with E-state index in [9.17, 15) is 21.6 Å². The topological polar surface area (TPSA) is 55.2 Å². The van der Waals surface area contributed by atoms with Crippen LogP contribution in [-0.4, -0.2) is 53.7 Å². The second-order valence-corrected chi connectivity index (χ2v) is 12.2. The maximum absolute atomic E-state index is 13.2. The van der Waals surface area contributed by atoms with Gasteiger partial charge in [-0.1, -0.05) is 0 Å². The Labute approximate surface area is 175 Å². The number of halogens is 3. The molecule has 2 saturated heterocycles. The number of likely N-dealkylation sites (tertiary alicyclic amines) is 1. The fourth-order valence-corrected chi connectivity index (χ4v) is 8.26. The molecule has 1 aromatic heterocycles. The average molecular weight is 446 g/mol. The summed E-state index contributed by atoms with van der Waals surface area (Å²) in [5.74, 6) is 0.781. The summed E-state index contributed by atoms with van der Waals surface area (Å²) in [6.07, 6.45) is 3.94. The van der Waals surface area contributed by atoms with Crippen LogP contribution in [0.1, 0.15) is 81.1 Å². The van der Waals surface area contributed by atoms with E-state index in [-0.39, 0.29) is 17.4 Å². The van der Waals surface area contributed by atoms with E-state index in [1.807, 2.05) is 0 Å². The van der Waals surface area contributed by atoms with Gasteiger partial charge >= 0.3 is 6.18 Å². The quantitative estimate of drug-likeness (QED) is 0.701. The number of alkyl halides is 3. The van der Waals surface area contributed by atoms with Crippen molar-refractivity contribution in [2.75, 3.05) is 24.6 Å². The van der Waals surface area contributed by atoms with Crippen LogP contribution in [0.25, 0.3) is 0 Å². The number of piperidine rings is 1. The highest BCUT2D eigenvalue weighted by atomic mass is 32.2. The van der Waals surface area contributed by atoms with Crippen LogP contribution in [0.15, 0.2) is 6.07 Å². The molecule has 9 heteroatoms. The maximum Gasteiger partial charge on any atom is 0.435 e. The Bertz CT molecular complexity index is 901. The van der Waals surface area contributed by atoms with Crippen LogP contribution in [0.3, 0.4) is 0 Å². The Kier molecular flexibility index (Phi) is 5.00. The molecule has 0 bridgehead atoms. The van der Waals surface area contributed by atoms with Crippen LogP contribution in [0, 0.1) is 5.41 Å². The van der Waals surface area contributed by atoms with E-state index in [4.69, 9.17) is 0 Å². The molecule has 0 N–H and O–H groups in total. The van der Waals surface area contributed by atoms with Crippen LogP contribution < -0.4 is 0 Å². The second-order valence-electron chi connectivity index (χ2n) is 10.0. The van der Waals surface area contributed by atoms with Gasteiger partial charge < -0.3 is 0 Å². The largest absolute Gasteiger partial charge is 0.435 e. The molecule has 2 aliphatic heterocycles. The molecule has 1 spiro atoms. The van der Waals surface area contributed by atoms with E-state index < -0.39 is 21.7 Å². The molecular weight excluding hydrogens is 415 g/mol. The summed E-state index contributed by atoms with van der Waals surface area (Å²) in [4.78, 5) is 2.49. The van der Waals surface area contributed by atoms with Crippen molar-refractivity contribution in [1.29, 1.82) is 0 Å². The first-order valence-electron chi connectivity index (χ1n) is 11.3. The number of nitrogens with zero attached hydrogens (tertiary/aromatic N) is 3. The van der Waals surface area contributed by atoms with Gasteiger partial charge in [-0.15, -0.1) is 0 Å². The lowest BCUT2D eigenvalue weighted by Gasteiger charge is -2.45. The smallest absolute Gasteiger partial charge is 0.300 e. The van der Waals surface area contributed by atoms with Crippen molar-refractivity contribution >= 4 is 9.84 Å². The monoisotopic (exact) mass is 445 g/mol. The van der Waals surface area contributed by atoms with Gasteiger partial charge in [-0.3, -0.25) is 9.58 Å². The Morgan fingerprint density at radius 2 is 1.73 bits per heavy atom. The summed E-state index contributed by atoms with van der Waals surface area (Å²) in [5, 5.41) is 3.91. The predicted octanol–water partition coefficient (Wildman–Crippen LogP) is 4.16. The van der Waals surface area contributed by atoms with Crippen molar-refractivity contribution in [2.45, 2.75) is 82.0 Å². The van der Waals surface area contributed by atoms with Crippen LogP contribution in [-0.2, 0) is 16.0 Å². The minimum atomic E-state index is -4.39. The SMILES string of the molecule is O=S1(=O)CC[C@@]2(CCCN(C3CCC(c4cc(C(F)(F)F)nn4C4CC4)CC3)C2)C1. The highest BCUT2D eigenvalue weighted by molar-refractivity contribution is 7.91. The number of hydrogen-bond acceptors (Lipinski definition) is 4. The minimum Gasteiger partial charge on any atom is -0.300 e. The van der Waals surface area contributed by atoms with E-state index in [0.717, 1.165) is 76.6 Å². The highest BCUT2D eigenvalue weighted by Crippen LogP contribution is 2.45. The molecule has 5 nitrogen and oxygen atoms in total. The van der Waals surface area contributed by atoms with Crippen molar-refractivity contribution < 1.29 is 21.6 Å². The standard InChI is InChI=1S/C21H30F3N3O2S/c22-21(23,24)19-12-18(27(25-19)17-6-7-17)15-2-4-16(5-3-15)26-10-1-8-20(13-26)9-11-30(28,29)14-20/h12,15-17H,1-11,13-14H2/t15?,16?,20-/m1/s1. The fraction of sp³-hybridized carbons (Fsp3) is 0.857. The third kappa shape index (κ3) is 4.04. The van der Waals surface area contributed by atoms with Gasteiger partial charge in [-0.2, -0.15) is 18.3 Å². The summed E-state index contributed by atoms with van der Waals surface area (Å²) in [5.41, 5.74) is -0.0626. The van der Waals surface area contributed by atoms with Gasteiger partial charge in [0.1, 0.15) is 0 Å². The molecule has 0 unspecified atom stereocenters. The Morgan fingerprint density at radius 1 is 1.03 bits per heavy atom. The summed E-state index contributed by atoms with van der Waals surface area (Å²) in [6, 6.07) is 1.84. The van der Waals surface area contributed by atoms with E-state index in [1.54, 1.807) is 4.68 Å². The molecule has 0 aromatic carbocycles. The van der Waals surface area contributed by atoms with Gasteiger partial charge in [0.15, 0.2) is 15.5 Å². The van der Waals surface area contributed by atoms with Gasteiger partial charge in [0, 0.05) is 24.2 Å². The molecule has 2 saturated carbocycles. The number of sulfone groups is 1. The molecule has 1 atom stereocenters. The van der Waals surface area contributed by atoms with E-state index in [0.29, 0.717) is 17.5 Å². The van der Waals surface area contributed by atoms with Gasteiger partial charge in [-0.25, -0.2) is 8.42 Å². The molecule has 1 aromatic rings. The Balaban J connectivity index is 1.25.